The first-order chi connectivity index (χ1) is 12.9. The monoisotopic (exact) mass is 382 g/mol. The molecule has 0 saturated carbocycles. The van der Waals surface area contributed by atoms with Crippen LogP contribution in [0.3, 0.4) is 0 Å². The molecule has 27 heavy (non-hydrogen) atoms. The highest BCUT2D eigenvalue weighted by molar-refractivity contribution is 7.98. The number of rotatable bonds is 6. The van der Waals surface area contributed by atoms with E-state index in [9.17, 15) is 4.39 Å². The van der Waals surface area contributed by atoms with Gasteiger partial charge in [-0.15, -0.1) is 0 Å². The van der Waals surface area contributed by atoms with Gasteiger partial charge >= 0.3 is 0 Å². The van der Waals surface area contributed by atoms with E-state index in [1.54, 1.807) is 12.1 Å². The number of aromatic nitrogens is 2. The van der Waals surface area contributed by atoms with E-state index in [0.29, 0.717) is 22.4 Å². The van der Waals surface area contributed by atoms with Crippen LogP contribution in [0.1, 0.15) is 42.1 Å². The quantitative estimate of drug-likeness (QED) is 0.363. The highest BCUT2D eigenvalue weighted by atomic mass is 32.2. The molecule has 0 atom stereocenters. The van der Waals surface area contributed by atoms with Gasteiger partial charge in [0.2, 0.25) is 5.88 Å². The predicted octanol–water partition coefficient (Wildman–Crippen LogP) is 6.44. The van der Waals surface area contributed by atoms with Crippen LogP contribution in [0.2, 0.25) is 0 Å². The lowest BCUT2D eigenvalue weighted by molar-refractivity contribution is 0.452. The summed E-state index contributed by atoms with van der Waals surface area (Å²) in [6.07, 6.45) is 0. The van der Waals surface area contributed by atoms with Crippen molar-refractivity contribution in [3.05, 3.63) is 76.7 Å². The maximum absolute atomic E-state index is 13.9. The Morgan fingerprint density at radius 1 is 1.00 bits per heavy atom. The zero-order valence-corrected chi connectivity index (χ0v) is 16.8. The van der Waals surface area contributed by atoms with Crippen molar-refractivity contribution in [1.29, 1.82) is 0 Å². The topological polar surface area (TPSA) is 35.0 Å². The molecule has 0 bridgehead atoms. The van der Waals surface area contributed by atoms with Gasteiger partial charge in [-0.3, -0.25) is 0 Å². The molecule has 5 heteroatoms. The van der Waals surface area contributed by atoms with Gasteiger partial charge in [0.1, 0.15) is 11.6 Å². The molecule has 2 aromatic carbocycles. The maximum atomic E-state index is 13.9. The molecular formula is C22H23FN2OS. The second-order valence-corrected chi connectivity index (χ2v) is 7.74. The van der Waals surface area contributed by atoms with Gasteiger partial charge in [-0.05, 0) is 54.7 Å². The van der Waals surface area contributed by atoms with Crippen LogP contribution in [0.4, 0.5) is 4.39 Å². The lowest BCUT2D eigenvalue weighted by Gasteiger charge is -2.12. The van der Waals surface area contributed by atoms with Crippen LogP contribution in [0.15, 0.2) is 53.7 Å². The zero-order valence-electron chi connectivity index (χ0n) is 16.0. The Labute approximate surface area is 164 Å². The number of aryl methyl sites for hydroxylation is 2. The Hall–Kier alpha value is -2.40. The number of hydrogen-bond donors (Lipinski definition) is 0. The Balaban J connectivity index is 1.83. The second-order valence-electron chi connectivity index (χ2n) is 6.80. The van der Waals surface area contributed by atoms with E-state index in [4.69, 9.17) is 4.74 Å². The molecule has 140 valence electrons. The van der Waals surface area contributed by atoms with Crippen molar-refractivity contribution in [2.24, 2.45) is 0 Å². The van der Waals surface area contributed by atoms with Crippen LogP contribution in [0.25, 0.3) is 0 Å². The molecule has 0 aliphatic carbocycles. The first-order valence-electron chi connectivity index (χ1n) is 8.92. The molecule has 0 aliphatic heterocycles. The summed E-state index contributed by atoms with van der Waals surface area (Å²) in [4.78, 5) is 9.12. The van der Waals surface area contributed by atoms with Gasteiger partial charge in [0, 0.05) is 11.8 Å². The van der Waals surface area contributed by atoms with Gasteiger partial charge in [-0.1, -0.05) is 49.9 Å². The summed E-state index contributed by atoms with van der Waals surface area (Å²) in [6, 6.07) is 14.6. The summed E-state index contributed by atoms with van der Waals surface area (Å²) >= 11 is 1.41. The Bertz CT molecular complexity index is 943. The van der Waals surface area contributed by atoms with Gasteiger partial charge < -0.3 is 4.74 Å². The van der Waals surface area contributed by atoms with E-state index in [1.165, 1.54) is 29.0 Å². The Morgan fingerprint density at radius 2 is 1.78 bits per heavy atom. The predicted molar refractivity (Wildman–Crippen MR) is 108 cm³/mol. The smallest absolute Gasteiger partial charge is 0.223 e. The minimum atomic E-state index is -0.211. The molecule has 0 unspecified atom stereocenters. The summed E-state index contributed by atoms with van der Waals surface area (Å²) in [7, 11) is 0. The molecule has 1 heterocycles. The number of nitrogens with zero attached hydrogens (tertiary/aromatic N) is 2. The van der Waals surface area contributed by atoms with E-state index in [-0.39, 0.29) is 11.7 Å². The third kappa shape index (κ3) is 5.07. The van der Waals surface area contributed by atoms with Gasteiger partial charge in [0.25, 0.3) is 0 Å². The van der Waals surface area contributed by atoms with E-state index in [2.05, 4.69) is 37.7 Å². The number of halogens is 1. The average Bonchev–Trinajstić information content (AvgIpc) is 2.64. The van der Waals surface area contributed by atoms with Crippen LogP contribution >= 0.6 is 11.8 Å². The van der Waals surface area contributed by atoms with Crippen LogP contribution < -0.4 is 4.74 Å². The molecular weight excluding hydrogens is 359 g/mol. The molecule has 0 fully saturated rings. The highest BCUT2D eigenvalue weighted by Gasteiger charge is 2.12. The van der Waals surface area contributed by atoms with E-state index in [1.807, 2.05) is 30.3 Å². The highest BCUT2D eigenvalue weighted by Crippen LogP contribution is 2.28. The van der Waals surface area contributed by atoms with Gasteiger partial charge in [0.05, 0.1) is 5.69 Å². The van der Waals surface area contributed by atoms with Crippen molar-refractivity contribution in [2.75, 3.05) is 0 Å². The number of hydrogen-bond acceptors (Lipinski definition) is 4. The normalized spacial score (nSPS) is 11.0. The minimum absolute atomic E-state index is 0.211. The van der Waals surface area contributed by atoms with Crippen LogP contribution in [0.5, 0.6) is 11.6 Å². The first kappa shape index (κ1) is 19.4. The molecule has 0 aliphatic rings. The van der Waals surface area contributed by atoms with E-state index >= 15 is 0 Å². The maximum Gasteiger partial charge on any atom is 0.223 e. The third-order valence-corrected chi connectivity index (χ3v) is 5.20. The van der Waals surface area contributed by atoms with Crippen molar-refractivity contribution in [3.63, 3.8) is 0 Å². The first-order valence-corrected chi connectivity index (χ1v) is 9.91. The van der Waals surface area contributed by atoms with Crippen molar-refractivity contribution in [2.45, 2.75) is 44.5 Å². The molecule has 3 nitrogen and oxygen atoms in total. The lowest BCUT2D eigenvalue weighted by atomic mass is 10.1. The molecule has 3 aromatic rings. The Morgan fingerprint density at radius 3 is 2.48 bits per heavy atom. The van der Waals surface area contributed by atoms with E-state index < -0.39 is 0 Å². The number of benzene rings is 2. The van der Waals surface area contributed by atoms with Gasteiger partial charge in [-0.2, -0.15) is 4.98 Å². The zero-order chi connectivity index (χ0) is 19.4. The Kier molecular flexibility index (Phi) is 6.11. The van der Waals surface area contributed by atoms with E-state index in [0.717, 1.165) is 11.4 Å². The summed E-state index contributed by atoms with van der Waals surface area (Å²) in [5, 5.41) is 0.586. The fraction of sp³-hybridized carbons (Fsp3) is 0.273. The molecule has 3 rings (SSSR count). The molecule has 0 saturated heterocycles. The molecule has 0 radical (unpaired) electrons. The largest absolute Gasteiger partial charge is 0.439 e. The summed E-state index contributed by atoms with van der Waals surface area (Å²) < 4.78 is 19.8. The van der Waals surface area contributed by atoms with Gasteiger partial charge in [-0.25, -0.2) is 9.37 Å². The van der Waals surface area contributed by atoms with Gasteiger partial charge in [0.15, 0.2) is 5.16 Å². The fourth-order valence-electron chi connectivity index (χ4n) is 2.49. The van der Waals surface area contributed by atoms with Crippen LogP contribution in [-0.2, 0) is 5.75 Å². The lowest BCUT2D eigenvalue weighted by Crippen LogP contribution is -2.00. The number of ether oxygens (including phenoxy) is 1. The molecule has 1 aromatic heterocycles. The minimum Gasteiger partial charge on any atom is -0.439 e. The molecule has 0 N–H and O–H groups in total. The van der Waals surface area contributed by atoms with Crippen molar-refractivity contribution >= 4 is 11.8 Å². The number of thioether (sulfide) groups is 1. The molecule has 0 spiro atoms. The second kappa shape index (κ2) is 8.53. The van der Waals surface area contributed by atoms with Crippen LogP contribution in [-0.4, -0.2) is 9.97 Å². The average molecular weight is 383 g/mol. The molecule has 0 amide bonds. The third-order valence-electron chi connectivity index (χ3n) is 4.31. The van der Waals surface area contributed by atoms with Crippen molar-refractivity contribution < 1.29 is 9.13 Å². The van der Waals surface area contributed by atoms with Crippen molar-refractivity contribution in [1.82, 2.24) is 9.97 Å². The van der Waals surface area contributed by atoms with Crippen LogP contribution in [0, 0.1) is 19.7 Å². The van der Waals surface area contributed by atoms with Crippen molar-refractivity contribution in [3.8, 4) is 11.6 Å². The summed E-state index contributed by atoms with van der Waals surface area (Å²) in [5.74, 6) is 1.75. The standard InChI is InChI=1S/C22H23FN2OS/c1-14(2)20-12-21(26-18-10-9-15(3)16(4)11-18)25-22(24-20)27-13-17-7-5-6-8-19(17)23/h5-12,14H,13H2,1-4H3. The fourth-order valence-corrected chi connectivity index (χ4v) is 3.33. The summed E-state index contributed by atoms with van der Waals surface area (Å²) in [6.45, 7) is 8.27. The SMILES string of the molecule is Cc1ccc(Oc2cc(C(C)C)nc(SCc3ccccc3F)n2)cc1C. The summed E-state index contributed by atoms with van der Waals surface area (Å²) in [5.41, 5.74) is 3.92.